The van der Waals surface area contributed by atoms with Crippen molar-refractivity contribution in [1.29, 1.82) is 0 Å². The van der Waals surface area contributed by atoms with E-state index in [2.05, 4.69) is 27.7 Å². The molecule has 0 aromatic heterocycles. The molecule has 12 nitrogen and oxygen atoms in total. The number of aliphatic hydroxyl groups is 5. The van der Waals surface area contributed by atoms with Gasteiger partial charge in [0.05, 0.1) is 24.4 Å². The third kappa shape index (κ3) is 9.98. The van der Waals surface area contributed by atoms with E-state index in [1.165, 1.54) is 71.1 Å². The second-order valence-corrected chi connectivity index (χ2v) is 26.0. The fraction of sp³-hybridized carbons (Fsp3) is 0.867. The van der Waals surface area contributed by atoms with E-state index in [-0.39, 0.29) is 48.9 Å². The highest BCUT2D eigenvalue weighted by Gasteiger charge is 2.88. The maximum atomic E-state index is 13.3. The Morgan fingerprint density at radius 3 is 2.08 bits per heavy atom. The standard InChI is InChI=1S/C36H56O8.C24H40O4/c1-7-8-9-10-11-12-13-14-15-16-17-18-29(39)43-32-24(3)35(42)27(30-33(5,6)36(30,32)44-25(4)38)20-26(22-37)21-34(41)28(35)19-23(2)31(34)40;1-14(4-9-22(27)28)18-7-8-19-17-6-5-15-12-16(25)10-11-23(15,2)20(17)13-21(26)24(18,19)3/h19-20,24,27-28,30,32,37,41-42H,7-18,21-22H2,1-6H3;14-21,25-26H,4-13H2,1-3H3,(H,27,28)/t24-,27+,28-,30-,32-,34-,35-,36-;14-,15-,16-,17+,18-,19+,20+,21+,23+,24-/m11/s1. The molecular weight excluding hydrogens is 913 g/mol. The van der Waals surface area contributed by atoms with Gasteiger partial charge in [-0.25, -0.2) is 0 Å². The molecule has 8 aliphatic carbocycles. The molecule has 8 aliphatic rings. The van der Waals surface area contributed by atoms with Crippen molar-refractivity contribution in [2.24, 2.45) is 75.4 Å². The lowest BCUT2D eigenvalue weighted by molar-refractivity contribution is -0.228. The van der Waals surface area contributed by atoms with E-state index < -0.39 is 75.7 Å². The van der Waals surface area contributed by atoms with E-state index in [1.807, 2.05) is 13.8 Å². The van der Waals surface area contributed by atoms with Gasteiger partial charge < -0.3 is 40.1 Å². The molecule has 0 heterocycles. The molecule has 72 heavy (non-hydrogen) atoms. The van der Waals surface area contributed by atoms with Gasteiger partial charge in [0.2, 0.25) is 0 Å². The number of carboxylic acid groups (broad SMARTS) is 1. The zero-order chi connectivity index (χ0) is 52.8. The highest BCUT2D eigenvalue weighted by Crippen LogP contribution is 2.77. The topological polar surface area (TPSA) is 208 Å². The number of esters is 2. The predicted molar refractivity (Wildman–Crippen MR) is 276 cm³/mol. The van der Waals surface area contributed by atoms with Gasteiger partial charge in [0.25, 0.3) is 0 Å². The first kappa shape index (κ1) is 57.1. The van der Waals surface area contributed by atoms with Crippen molar-refractivity contribution >= 4 is 23.7 Å². The van der Waals surface area contributed by atoms with Crippen LogP contribution in [0.2, 0.25) is 0 Å². The summed E-state index contributed by atoms with van der Waals surface area (Å²) in [6, 6.07) is 0. The smallest absolute Gasteiger partial charge is 0.306 e. The summed E-state index contributed by atoms with van der Waals surface area (Å²) >= 11 is 0. The van der Waals surface area contributed by atoms with E-state index in [1.54, 1.807) is 26.0 Å². The largest absolute Gasteiger partial charge is 0.481 e. The summed E-state index contributed by atoms with van der Waals surface area (Å²) in [4.78, 5) is 50.2. The van der Waals surface area contributed by atoms with Gasteiger partial charge in [-0.1, -0.05) is 125 Å². The van der Waals surface area contributed by atoms with Crippen molar-refractivity contribution in [1.82, 2.24) is 0 Å². The zero-order valence-corrected chi connectivity index (χ0v) is 45.8. The zero-order valence-electron chi connectivity index (χ0n) is 45.8. The number of ether oxygens (including phenoxy) is 2. The molecule has 6 saturated carbocycles. The fourth-order valence-corrected chi connectivity index (χ4v) is 17.9. The van der Waals surface area contributed by atoms with Gasteiger partial charge in [0.1, 0.15) is 11.7 Å². The Hall–Kier alpha value is -2.64. The summed E-state index contributed by atoms with van der Waals surface area (Å²) in [6.45, 7) is 17.4. The predicted octanol–water partition coefficient (Wildman–Crippen LogP) is 10.2. The van der Waals surface area contributed by atoms with Gasteiger partial charge in [-0.15, -0.1) is 0 Å². The maximum Gasteiger partial charge on any atom is 0.306 e. The number of aliphatic hydroxyl groups excluding tert-OH is 3. The van der Waals surface area contributed by atoms with Crippen LogP contribution in [0.5, 0.6) is 0 Å². The minimum absolute atomic E-state index is 0.0591. The molecule has 0 aromatic carbocycles. The Labute approximate surface area is 431 Å². The van der Waals surface area contributed by atoms with Crippen LogP contribution in [0.15, 0.2) is 23.3 Å². The van der Waals surface area contributed by atoms with Gasteiger partial charge in [-0.2, -0.15) is 0 Å². The normalized spacial score (nSPS) is 42.6. The fourth-order valence-electron chi connectivity index (χ4n) is 17.9. The number of Topliss-reactive ketones (excluding diaryl/α,β-unsaturated/α-hetero) is 1. The van der Waals surface area contributed by atoms with E-state index in [0.29, 0.717) is 53.1 Å². The van der Waals surface area contributed by atoms with Crippen LogP contribution in [0.3, 0.4) is 0 Å². The number of carboxylic acids is 1. The molecular formula is C60H96O12. The number of carbonyl (C=O) groups excluding carboxylic acids is 3. The molecule has 0 saturated heterocycles. The van der Waals surface area contributed by atoms with Crippen LogP contribution >= 0.6 is 0 Å². The van der Waals surface area contributed by atoms with Crippen LogP contribution in [0.1, 0.15) is 210 Å². The molecule has 18 atom stereocenters. The van der Waals surface area contributed by atoms with Crippen LogP contribution in [0.25, 0.3) is 0 Å². The molecule has 8 rings (SSSR count). The molecule has 408 valence electrons. The SMILES string of the molecule is CCCCCCCCCCCCCC(=O)O[C@@H]1[C@@H](C)[C@@]2(O)[C@@H](C=C(CO)C[C@]3(O)C(=O)C(C)=C[C@@H]23)[C@@H]2C(C)(C)[C@]12OC(C)=O.C[C@H](CCC(=O)O)[C@H]1CC[C@H]2[C@@H]3CC[C@@H]4C[C@H](O)CC[C@]4(C)[C@H]3C[C@H](O)[C@]12C. The molecule has 0 amide bonds. The molecule has 0 aliphatic heterocycles. The van der Waals surface area contributed by atoms with Crippen molar-refractivity contribution in [3.63, 3.8) is 0 Å². The van der Waals surface area contributed by atoms with Crippen LogP contribution in [-0.2, 0) is 28.7 Å². The van der Waals surface area contributed by atoms with Crippen molar-refractivity contribution in [2.45, 2.75) is 245 Å². The van der Waals surface area contributed by atoms with Gasteiger partial charge in [0.15, 0.2) is 11.4 Å². The molecule has 12 heteroatoms. The number of rotatable bonds is 19. The lowest BCUT2D eigenvalue weighted by Crippen LogP contribution is -2.66. The van der Waals surface area contributed by atoms with E-state index in [0.717, 1.165) is 57.8 Å². The van der Waals surface area contributed by atoms with Crippen molar-refractivity contribution in [2.75, 3.05) is 6.61 Å². The number of hydrogen-bond donors (Lipinski definition) is 6. The van der Waals surface area contributed by atoms with E-state index in [4.69, 9.17) is 14.6 Å². The lowest BCUT2D eigenvalue weighted by Gasteiger charge is -2.62. The number of hydrogen-bond acceptors (Lipinski definition) is 11. The third-order valence-corrected chi connectivity index (χ3v) is 21.8. The van der Waals surface area contributed by atoms with Crippen molar-refractivity contribution < 1.29 is 59.3 Å². The van der Waals surface area contributed by atoms with Crippen molar-refractivity contribution in [3.8, 4) is 0 Å². The lowest BCUT2D eigenvalue weighted by atomic mass is 9.43. The van der Waals surface area contributed by atoms with Gasteiger partial charge >= 0.3 is 17.9 Å². The summed E-state index contributed by atoms with van der Waals surface area (Å²) in [5.74, 6) is -1.75. The molecule has 0 unspecified atom stereocenters. The Morgan fingerprint density at radius 2 is 1.47 bits per heavy atom. The van der Waals surface area contributed by atoms with Gasteiger partial charge in [-0.05, 0) is 129 Å². The average molecular weight is 1010 g/mol. The minimum Gasteiger partial charge on any atom is -0.481 e. The van der Waals surface area contributed by atoms with Crippen LogP contribution in [0.4, 0.5) is 0 Å². The number of carbonyl (C=O) groups is 4. The molecule has 0 radical (unpaired) electrons. The number of fused-ring (bicyclic) bond motifs is 10. The van der Waals surface area contributed by atoms with Gasteiger partial charge in [0, 0.05) is 55.3 Å². The molecule has 0 spiro atoms. The Balaban J connectivity index is 0.000000232. The second-order valence-electron chi connectivity index (χ2n) is 26.0. The monoisotopic (exact) mass is 1010 g/mol. The first-order chi connectivity index (χ1) is 33.9. The number of aliphatic carboxylic acids is 1. The minimum atomic E-state index is -1.93. The van der Waals surface area contributed by atoms with Gasteiger partial charge in [-0.3, -0.25) is 19.2 Å². The third-order valence-electron chi connectivity index (χ3n) is 21.8. The Morgan fingerprint density at radius 1 is 0.833 bits per heavy atom. The molecule has 0 aromatic rings. The van der Waals surface area contributed by atoms with Crippen LogP contribution < -0.4 is 0 Å². The summed E-state index contributed by atoms with van der Waals surface area (Å²) in [5.41, 5.74) is -4.49. The van der Waals surface area contributed by atoms with E-state index >= 15 is 0 Å². The summed E-state index contributed by atoms with van der Waals surface area (Å²) in [6.07, 6.45) is 24.6. The molecule has 6 fully saturated rings. The summed E-state index contributed by atoms with van der Waals surface area (Å²) in [5, 5.41) is 65.5. The molecule has 6 N–H and O–H groups in total. The Kier molecular flexibility index (Phi) is 17.6. The number of unbranched alkanes of at least 4 members (excludes halogenated alkanes) is 10. The maximum absolute atomic E-state index is 13.3. The highest BCUT2D eigenvalue weighted by molar-refractivity contribution is 6.04. The average Bonchev–Trinajstić information content (AvgIpc) is 3.49. The van der Waals surface area contributed by atoms with Crippen molar-refractivity contribution in [3.05, 3.63) is 23.3 Å². The number of ketones is 1. The van der Waals surface area contributed by atoms with E-state index in [9.17, 15) is 44.7 Å². The first-order valence-electron chi connectivity index (χ1n) is 28.9. The highest BCUT2D eigenvalue weighted by atomic mass is 16.6. The second kappa shape index (κ2) is 22.1. The first-order valence-corrected chi connectivity index (χ1v) is 28.9. The molecule has 0 bridgehead atoms. The summed E-state index contributed by atoms with van der Waals surface area (Å²) in [7, 11) is 0. The van der Waals surface area contributed by atoms with Crippen LogP contribution in [0, 0.1) is 75.4 Å². The Bertz CT molecular complexity index is 2030. The van der Waals surface area contributed by atoms with Crippen LogP contribution in [-0.4, -0.2) is 96.1 Å². The summed E-state index contributed by atoms with van der Waals surface area (Å²) < 4.78 is 12.3. The quantitative estimate of drug-likeness (QED) is 0.0406.